The van der Waals surface area contributed by atoms with Crippen LogP contribution in [-0.4, -0.2) is 16.6 Å². The van der Waals surface area contributed by atoms with E-state index in [0.29, 0.717) is 0 Å². The van der Waals surface area contributed by atoms with Crippen LogP contribution in [0.1, 0.15) is 0 Å². The number of rotatable bonds is 8. The molecule has 0 fully saturated rings. The molecule has 0 amide bonds. The molecule has 0 radical (unpaired) electrons. The van der Waals surface area contributed by atoms with E-state index in [-0.39, 0.29) is 11.1 Å². The molecule has 6 rings (SSSR count). The first-order chi connectivity index (χ1) is 18.3. The highest BCUT2D eigenvalue weighted by atomic mass is 28.4. The van der Waals surface area contributed by atoms with Gasteiger partial charge in [-0.3, -0.25) is 0 Å². The molecule has 3 heteroatoms. The molecule has 0 atom stereocenters. The summed E-state index contributed by atoms with van der Waals surface area (Å²) in [6.45, 7) is 0. The molecule has 4 aromatic carbocycles. The van der Waals surface area contributed by atoms with Gasteiger partial charge >= 0.3 is 0 Å². The Morgan fingerprint density at radius 2 is 0.595 bits per heavy atom. The Morgan fingerprint density at radius 3 is 0.838 bits per heavy atom. The van der Waals surface area contributed by atoms with Crippen LogP contribution in [0.4, 0.5) is 0 Å². The molecular weight excluding hydrogens is 481 g/mol. The van der Waals surface area contributed by atoms with Crippen molar-refractivity contribution in [3.05, 3.63) is 170 Å². The number of allylic oxidation sites excluding steroid dienone is 8. The molecule has 0 aromatic heterocycles. The lowest BCUT2D eigenvalue weighted by Crippen LogP contribution is -2.75. The van der Waals surface area contributed by atoms with Gasteiger partial charge in [0.05, 0.1) is 0 Å². The molecule has 37 heavy (non-hydrogen) atoms. The van der Waals surface area contributed by atoms with Gasteiger partial charge in [0.15, 0.2) is 0 Å². The van der Waals surface area contributed by atoms with Crippen LogP contribution in [0.15, 0.2) is 170 Å². The van der Waals surface area contributed by atoms with Crippen molar-refractivity contribution in [1.82, 2.24) is 0 Å². The Morgan fingerprint density at radius 1 is 0.351 bits per heavy atom. The fourth-order valence-electron chi connectivity index (χ4n) is 5.88. The summed E-state index contributed by atoms with van der Waals surface area (Å²) in [7, 11) is -5.73. The van der Waals surface area contributed by atoms with Crippen molar-refractivity contribution in [3.63, 3.8) is 0 Å². The minimum absolute atomic E-state index is 0.186. The zero-order valence-corrected chi connectivity index (χ0v) is 22.7. The molecule has 0 spiro atoms. The van der Waals surface area contributed by atoms with Crippen LogP contribution in [0.5, 0.6) is 0 Å². The van der Waals surface area contributed by atoms with Crippen molar-refractivity contribution in [2.24, 2.45) is 0 Å². The largest absolute Gasteiger partial charge is 0.441 e. The maximum absolute atomic E-state index is 8.21. The van der Waals surface area contributed by atoms with Gasteiger partial charge in [-0.2, -0.15) is 0 Å². The van der Waals surface area contributed by atoms with Crippen LogP contribution < -0.4 is 20.7 Å². The molecular formula is C34H30OSi2. The predicted molar refractivity (Wildman–Crippen MR) is 161 cm³/mol. The molecule has 1 nitrogen and oxygen atoms in total. The van der Waals surface area contributed by atoms with Crippen molar-refractivity contribution in [1.29, 1.82) is 0 Å². The normalized spacial score (nSPS) is 15.6. The van der Waals surface area contributed by atoms with E-state index in [1.165, 1.54) is 20.7 Å². The van der Waals surface area contributed by atoms with Gasteiger partial charge in [-0.1, -0.05) is 170 Å². The van der Waals surface area contributed by atoms with Gasteiger partial charge in [0.25, 0.3) is 16.6 Å². The highest BCUT2D eigenvalue weighted by molar-refractivity contribution is 7.10. The maximum Gasteiger partial charge on any atom is 0.256 e. The smallest absolute Gasteiger partial charge is 0.256 e. The minimum Gasteiger partial charge on any atom is -0.441 e. The van der Waals surface area contributed by atoms with Gasteiger partial charge in [0.2, 0.25) is 0 Å². The number of hydrogen-bond acceptors (Lipinski definition) is 1. The summed E-state index contributed by atoms with van der Waals surface area (Å²) in [6, 6.07) is 44.0. The lowest BCUT2D eigenvalue weighted by atomic mass is 10.4. The van der Waals surface area contributed by atoms with Crippen LogP contribution in [0.25, 0.3) is 0 Å². The van der Waals surface area contributed by atoms with Crippen LogP contribution in [-0.2, 0) is 4.12 Å². The Balaban J connectivity index is 1.70. The average Bonchev–Trinajstić information content (AvgIpc) is 3.72. The van der Waals surface area contributed by atoms with E-state index >= 15 is 0 Å². The lowest BCUT2D eigenvalue weighted by molar-refractivity contribution is 0.561. The summed E-state index contributed by atoms with van der Waals surface area (Å²) in [5, 5.41) is 5.21. The topological polar surface area (TPSA) is 9.23 Å². The average molecular weight is 511 g/mol. The van der Waals surface area contributed by atoms with E-state index in [1.54, 1.807) is 0 Å². The van der Waals surface area contributed by atoms with Crippen LogP contribution in [0, 0.1) is 0 Å². The summed E-state index contributed by atoms with van der Waals surface area (Å²) in [5.74, 6) is 0. The molecule has 180 valence electrons. The van der Waals surface area contributed by atoms with E-state index in [0.717, 1.165) is 0 Å². The SMILES string of the molecule is C1=CC([Si](O[Si](c2ccccc2)(c2ccccc2)C2C=CC=C2)(c2ccccc2)c2ccccc2)C=C1. The monoisotopic (exact) mass is 510 g/mol. The second-order valence-electron chi connectivity index (χ2n) is 9.63. The van der Waals surface area contributed by atoms with Gasteiger partial charge < -0.3 is 4.12 Å². The molecule has 2 aliphatic rings. The molecule has 0 aliphatic heterocycles. The number of benzene rings is 4. The van der Waals surface area contributed by atoms with Crippen LogP contribution >= 0.6 is 0 Å². The zero-order valence-electron chi connectivity index (χ0n) is 20.7. The fourth-order valence-corrected chi connectivity index (χ4v) is 17.4. The number of hydrogen-bond donors (Lipinski definition) is 0. The van der Waals surface area contributed by atoms with Gasteiger partial charge in [0, 0.05) is 11.1 Å². The van der Waals surface area contributed by atoms with Crippen LogP contribution in [0.2, 0.25) is 11.1 Å². The minimum atomic E-state index is -2.86. The molecule has 0 saturated heterocycles. The summed E-state index contributed by atoms with van der Waals surface area (Å²) in [6.07, 6.45) is 18.1. The lowest BCUT2D eigenvalue weighted by Gasteiger charge is -2.47. The van der Waals surface area contributed by atoms with Gasteiger partial charge in [-0.15, -0.1) is 0 Å². The summed E-state index contributed by atoms with van der Waals surface area (Å²) in [5.41, 5.74) is 0.372. The Bertz CT molecular complexity index is 1230. The Hall–Kier alpha value is -3.77. The highest BCUT2D eigenvalue weighted by Crippen LogP contribution is 2.37. The van der Waals surface area contributed by atoms with Gasteiger partial charge in [-0.05, 0) is 20.7 Å². The molecule has 4 aromatic rings. The first kappa shape index (κ1) is 23.6. The van der Waals surface area contributed by atoms with E-state index in [4.69, 9.17) is 4.12 Å². The third-order valence-corrected chi connectivity index (χ3v) is 17.6. The third-order valence-electron chi connectivity index (χ3n) is 7.57. The van der Waals surface area contributed by atoms with E-state index < -0.39 is 16.6 Å². The summed E-state index contributed by atoms with van der Waals surface area (Å²) < 4.78 is 8.21. The van der Waals surface area contributed by atoms with Crippen molar-refractivity contribution in [2.75, 3.05) is 0 Å². The summed E-state index contributed by atoms with van der Waals surface area (Å²) in [4.78, 5) is 0. The molecule has 0 bridgehead atoms. The van der Waals surface area contributed by atoms with Crippen LogP contribution in [0.3, 0.4) is 0 Å². The molecule has 2 aliphatic carbocycles. The van der Waals surface area contributed by atoms with Crippen molar-refractivity contribution < 1.29 is 4.12 Å². The Labute approximate surface area is 222 Å². The standard InChI is InChI=1S/C34H30OSi2/c1-5-17-29(18-6-1)36(33-25-13-14-26-33,30-19-7-2-8-20-30)35-37(34-27-15-16-28-34,31-21-9-3-10-22-31)32-23-11-4-12-24-32/h1-28,33-34H. The third kappa shape index (κ3) is 4.15. The first-order valence-electron chi connectivity index (χ1n) is 13.0. The van der Waals surface area contributed by atoms with Gasteiger partial charge in [0.1, 0.15) is 0 Å². The van der Waals surface area contributed by atoms with Crippen molar-refractivity contribution >= 4 is 37.4 Å². The van der Waals surface area contributed by atoms with E-state index in [9.17, 15) is 0 Å². The Kier molecular flexibility index (Phi) is 6.58. The maximum atomic E-state index is 8.21. The quantitative estimate of drug-likeness (QED) is 0.284. The van der Waals surface area contributed by atoms with E-state index in [1.807, 2.05) is 0 Å². The van der Waals surface area contributed by atoms with E-state index in [2.05, 4.69) is 170 Å². The fraction of sp³-hybridized carbons (Fsp3) is 0.0588. The van der Waals surface area contributed by atoms with Gasteiger partial charge in [-0.25, -0.2) is 0 Å². The highest BCUT2D eigenvalue weighted by Gasteiger charge is 2.56. The second-order valence-corrected chi connectivity index (χ2v) is 17.0. The second kappa shape index (κ2) is 10.3. The molecule has 0 unspecified atom stereocenters. The molecule has 0 saturated carbocycles. The zero-order chi connectivity index (χ0) is 25.0. The van der Waals surface area contributed by atoms with Crippen molar-refractivity contribution in [3.8, 4) is 0 Å². The molecule has 0 heterocycles. The predicted octanol–water partition coefficient (Wildman–Crippen LogP) is 5.52. The summed E-state index contributed by atoms with van der Waals surface area (Å²) >= 11 is 0. The molecule has 0 N–H and O–H groups in total. The first-order valence-corrected chi connectivity index (χ1v) is 16.9. The van der Waals surface area contributed by atoms with Crippen molar-refractivity contribution in [2.45, 2.75) is 11.1 Å².